The van der Waals surface area contributed by atoms with Crippen LogP contribution in [0.2, 0.25) is 0 Å². The Morgan fingerprint density at radius 2 is 2.42 bits per heavy atom. The topological polar surface area (TPSA) is 57.5 Å². The molecule has 12 heavy (non-hydrogen) atoms. The second-order valence-corrected chi connectivity index (χ2v) is 3.82. The van der Waals surface area contributed by atoms with Crippen LogP contribution in [0.1, 0.15) is 25.7 Å². The number of carbonyl (C=O) groups is 1. The number of aliphatic hydroxyl groups is 1. The number of carboxylic acids is 1. The number of hydrogen-bond acceptors (Lipinski definition) is 2. The normalized spacial score (nSPS) is 39.3. The van der Waals surface area contributed by atoms with Gasteiger partial charge in [-0.2, -0.15) is 0 Å². The summed E-state index contributed by atoms with van der Waals surface area (Å²) in [5.74, 6) is -0.292. The van der Waals surface area contributed by atoms with Crippen LogP contribution in [0.5, 0.6) is 0 Å². The minimum absolute atomic E-state index is 0.0868. The molecule has 0 radical (unpaired) electrons. The fourth-order valence-corrected chi connectivity index (χ4v) is 2.36. The van der Waals surface area contributed by atoms with Gasteiger partial charge in [-0.3, -0.25) is 4.79 Å². The van der Waals surface area contributed by atoms with Crippen molar-refractivity contribution in [3.63, 3.8) is 0 Å². The predicted molar refractivity (Wildman–Crippen MR) is 42.7 cm³/mol. The third-order valence-electron chi connectivity index (χ3n) is 3.16. The van der Waals surface area contributed by atoms with E-state index >= 15 is 0 Å². The first kappa shape index (κ1) is 7.65. The molecule has 3 heteroatoms. The fraction of sp³-hybridized carbons (Fsp3) is 0.667. The van der Waals surface area contributed by atoms with Crippen LogP contribution in [0.4, 0.5) is 0 Å². The smallest absolute Gasteiger partial charge is 0.317 e. The van der Waals surface area contributed by atoms with Gasteiger partial charge in [-0.1, -0.05) is 0 Å². The maximum absolute atomic E-state index is 10.9. The first-order valence-corrected chi connectivity index (χ1v) is 4.28. The highest BCUT2D eigenvalue weighted by Crippen LogP contribution is 2.51. The van der Waals surface area contributed by atoms with Gasteiger partial charge >= 0.3 is 5.97 Å². The SMILES string of the molecule is O=C(O)C12CCC(CC=C1O)C2. The lowest BCUT2D eigenvalue weighted by atomic mass is 9.79. The Balaban J connectivity index is 2.39. The van der Waals surface area contributed by atoms with E-state index in [2.05, 4.69) is 0 Å². The standard InChI is InChI=1S/C9H12O3/c10-7-2-1-6-3-4-9(7,5-6)8(11)12/h2,6,10H,1,3-5H2,(H,11,12). The number of hydrogen-bond donors (Lipinski definition) is 2. The molecule has 0 amide bonds. The van der Waals surface area contributed by atoms with Gasteiger partial charge in [0.15, 0.2) is 0 Å². The van der Waals surface area contributed by atoms with E-state index in [1.807, 2.05) is 0 Å². The largest absolute Gasteiger partial charge is 0.511 e. The van der Waals surface area contributed by atoms with E-state index in [1.165, 1.54) is 0 Å². The number of rotatable bonds is 1. The zero-order valence-electron chi connectivity index (χ0n) is 6.79. The number of aliphatic hydroxyl groups excluding tert-OH is 1. The quantitative estimate of drug-likeness (QED) is 0.626. The minimum Gasteiger partial charge on any atom is -0.511 e. The molecule has 0 saturated heterocycles. The van der Waals surface area contributed by atoms with Crippen LogP contribution in [0.25, 0.3) is 0 Å². The minimum atomic E-state index is -0.914. The molecular weight excluding hydrogens is 156 g/mol. The van der Waals surface area contributed by atoms with Crippen LogP contribution < -0.4 is 0 Å². The maximum atomic E-state index is 10.9. The summed E-state index contributed by atoms with van der Waals surface area (Å²) in [6.45, 7) is 0. The van der Waals surface area contributed by atoms with Gasteiger partial charge in [0, 0.05) is 0 Å². The van der Waals surface area contributed by atoms with Crippen molar-refractivity contribution in [3.05, 3.63) is 11.8 Å². The molecule has 1 saturated carbocycles. The Bertz CT molecular complexity index is 256. The van der Waals surface area contributed by atoms with Crippen molar-refractivity contribution in [2.24, 2.45) is 11.3 Å². The van der Waals surface area contributed by atoms with E-state index in [-0.39, 0.29) is 5.76 Å². The Hall–Kier alpha value is -0.990. The molecule has 1 fully saturated rings. The summed E-state index contributed by atoms with van der Waals surface area (Å²) in [6.07, 6.45) is 4.70. The van der Waals surface area contributed by atoms with Crippen LogP contribution >= 0.6 is 0 Å². The van der Waals surface area contributed by atoms with Gasteiger partial charge in [0.05, 0.1) is 0 Å². The molecule has 3 nitrogen and oxygen atoms in total. The highest BCUT2D eigenvalue weighted by Gasteiger charge is 2.50. The van der Waals surface area contributed by atoms with Crippen LogP contribution in [-0.4, -0.2) is 16.2 Å². The average Bonchev–Trinajstić information content (AvgIpc) is 2.39. The van der Waals surface area contributed by atoms with E-state index in [0.717, 1.165) is 12.8 Å². The zero-order valence-corrected chi connectivity index (χ0v) is 6.79. The average molecular weight is 168 g/mol. The van der Waals surface area contributed by atoms with Gasteiger partial charge < -0.3 is 10.2 Å². The summed E-state index contributed by atoms with van der Waals surface area (Å²) < 4.78 is 0. The first-order chi connectivity index (χ1) is 5.65. The lowest BCUT2D eigenvalue weighted by Crippen LogP contribution is -2.32. The van der Waals surface area contributed by atoms with Crippen molar-refractivity contribution >= 4 is 5.97 Å². The fourth-order valence-electron chi connectivity index (χ4n) is 2.36. The number of carboxylic acid groups (broad SMARTS) is 1. The summed E-state index contributed by atoms with van der Waals surface area (Å²) in [5.41, 5.74) is -0.914. The van der Waals surface area contributed by atoms with E-state index < -0.39 is 11.4 Å². The highest BCUT2D eigenvalue weighted by atomic mass is 16.4. The molecule has 0 aromatic carbocycles. The first-order valence-electron chi connectivity index (χ1n) is 4.28. The van der Waals surface area contributed by atoms with Crippen LogP contribution in [0, 0.1) is 11.3 Å². The van der Waals surface area contributed by atoms with Gasteiger partial charge in [-0.15, -0.1) is 0 Å². The lowest BCUT2D eigenvalue weighted by Gasteiger charge is -2.26. The van der Waals surface area contributed by atoms with Crippen molar-refractivity contribution in [2.75, 3.05) is 0 Å². The van der Waals surface area contributed by atoms with Gasteiger partial charge in [0.25, 0.3) is 0 Å². The van der Waals surface area contributed by atoms with Crippen molar-refractivity contribution in [3.8, 4) is 0 Å². The maximum Gasteiger partial charge on any atom is 0.317 e. The molecule has 0 aromatic rings. The van der Waals surface area contributed by atoms with Crippen LogP contribution in [0.3, 0.4) is 0 Å². The molecule has 2 rings (SSSR count). The number of allylic oxidation sites excluding steroid dienone is 1. The highest BCUT2D eigenvalue weighted by molar-refractivity contribution is 5.78. The third kappa shape index (κ3) is 0.792. The number of aliphatic carboxylic acids is 1. The summed E-state index contributed by atoms with van der Waals surface area (Å²) in [5, 5.41) is 18.5. The van der Waals surface area contributed by atoms with E-state index in [1.54, 1.807) is 6.08 Å². The van der Waals surface area contributed by atoms with E-state index in [4.69, 9.17) is 5.11 Å². The molecule has 0 spiro atoms. The number of fused-ring (bicyclic) bond motifs is 2. The van der Waals surface area contributed by atoms with Crippen molar-refractivity contribution in [1.82, 2.24) is 0 Å². The molecule has 2 aliphatic carbocycles. The van der Waals surface area contributed by atoms with Gasteiger partial charge in [0.2, 0.25) is 0 Å². The Kier molecular flexibility index (Phi) is 1.43. The second-order valence-electron chi connectivity index (χ2n) is 3.82. The molecule has 2 bridgehead atoms. The van der Waals surface area contributed by atoms with Crippen LogP contribution in [-0.2, 0) is 4.79 Å². The van der Waals surface area contributed by atoms with E-state index in [0.29, 0.717) is 18.8 Å². The molecule has 0 aliphatic heterocycles. The van der Waals surface area contributed by atoms with E-state index in [9.17, 15) is 9.90 Å². The third-order valence-corrected chi connectivity index (χ3v) is 3.16. The molecule has 2 atom stereocenters. The predicted octanol–water partition coefficient (Wildman–Crippen LogP) is 1.70. The van der Waals surface area contributed by atoms with Crippen LogP contribution in [0.15, 0.2) is 11.8 Å². The van der Waals surface area contributed by atoms with Crippen molar-refractivity contribution < 1.29 is 15.0 Å². The van der Waals surface area contributed by atoms with Gasteiger partial charge in [-0.25, -0.2) is 0 Å². The molecule has 0 aromatic heterocycles. The molecule has 2 aliphatic rings. The summed E-state index contributed by atoms with van der Waals surface area (Å²) in [4.78, 5) is 10.9. The van der Waals surface area contributed by atoms with Crippen molar-refractivity contribution in [1.29, 1.82) is 0 Å². The zero-order chi connectivity index (χ0) is 8.77. The molecular formula is C9H12O3. The Morgan fingerprint density at radius 3 is 3.00 bits per heavy atom. The second kappa shape index (κ2) is 2.25. The Labute approximate surface area is 70.7 Å². The lowest BCUT2D eigenvalue weighted by molar-refractivity contribution is -0.148. The van der Waals surface area contributed by atoms with Gasteiger partial charge in [0.1, 0.15) is 11.2 Å². The molecule has 2 N–H and O–H groups in total. The van der Waals surface area contributed by atoms with Crippen molar-refractivity contribution in [2.45, 2.75) is 25.7 Å². The monoisotopic (exact) mass is 168 g/mol. The molecule has 2 unspecified atom stereocenters. The molecule has 0 heterocycles. The summed E-state index contributed by atoms with van der Waals surface area (Å²) in [7, 11) is 0. The Morgan fingerprint density at radius 1 is 1.67 bits per heavy atom. The summed E-state index contributed by atoms with van der Waals surface area (Å²) >= 11 is 0. The summed E-state index contributed by atoms with van der Waals surface area (Å²) in [6, 6.07) is 0. The molecule has 66 valence electrons. The van der Waals surface area contributed by atoms with Gasteiger partial charge in [-0.05, 0) is 37.7 Å².